The Bertz CT molecular complexity index is 535. The van der Waals surface area contributed by atoms with Crippen LogP contribution < -0.4 is 5.56 Å². The Morgan fingerprint density at radius 1 is 1.32 bits per heavy atom. The number of aryl methyl sites for hydroxylation is 1. The lowest BCUT2D eigenvalue weighted by atomic mass is 9.85. The van der Waals surface area contributed by atoms with Gasteiger partial charge < -0.3 is 9.47 Å². The Morgan fingerprint density at radius 3 is 2.63 bits per heavy atom. The van der Waals surface area contributed by atoms with Gasteiger partial charge in [-0.25, -0.2) is 0 Å². The molecule has 1 amide bonds. The van der Waals surface area contributed by atoms with Crippen LogP contribution in [0.5, 0.6) is 0 Å². The Morgan fingerprint density at radius 2 is 2.00 bits per heavy atom. The zero-order chi connectivity index (χ0) is 14.2. The number of aromatic nitrogens is 1. The van der Waals surface area contributed by atoms with E-state index in [9.17, 15) is 9.59 Å². The zero-order valence-corrected chi connectivity index (χ0v) is 12.1. The molecule has 1 aliphatic heterocycles. The van der Waals surface area contributed by atoms with Gasteiger partial charge >= 0.3 is 0 Å². The van der Waals surface area contributed by atoms with Crippen molar-refractivity contribution in [2.24, 2.45) is 18.9 Å². The van der Waals surface area contributed by atoms with Gasteiger partial charge in [0.25, 0.3) is 11.5 Å². The highest BCUT2D eigenvalue weighted by atomic mass is 16.2. The number of likely N-dealkylation sites (tertiary alicyclic amines) is 1. The fraction of sp³-hybridized carbons (Fsp3) is 0.600. The van der Waals surface area contributed by atoms with Crippen molar-refractivity contribution in [3.63, 3.8) is 0 Å². The van der Waals surface area contributed by atoms with E-state index >= 15 is 0 Å². The molecule has 4 heteroatoms. The molecule has 0 radical (unpaired) electrons. The van der Waals surface area contributed by atoms with E-state index in [1.165, 1.54) is 10.6 Å². The molecule has 2 heterocycles. The molecule has 19 heavy (non-hydrogen) atoms. The quantitative estimate of drug-likeness (QED) is 0.775. The van der Waals surface area contributed by atoms with Crippen LogP contribution in [0, 0.1) is 11.8 Å². The Balaban J connectivity index is 2.27. The minimum atomic E-state index is -0.142. The molecule has 0 aliphatic carbocycles. The molecular formula is C15H22N2O2. The molecule has 4 nitrogen and oxygen atoms in total. The molecule has 1 fully saturated rings. The summed E-state index contributed by atoms with van der Waals surface area (Å²) in [6.45, 7) is 7.23. The number of hydrogen-bond acceptors (Lipinski definition) is 2. The maximum atomic E-state index is 12.5. The molecule has 1 saturated heterocycles. The average molecular weight is 262 g/mol. The highest BCUT2D eigenvalue weighted by molar-refractivity contribution is 5.94. The van der Waals surface area contributed by atoms with E-state index in [4.69, 9.17) is 0 Å². The van der Waals surface area contributed by atoms with Crippen molar-refractivity contribution in [1.29, 1.82) is 0 Å². The average Bonchev–Trinajstić information content (AvgIpc) is 2.36. The first kappa shape index (κ1) is 13.8. The Hall–Kier alpha value is -1.58. The van der Waals surface area contributed by atoms with Gasteiger partial charge in [0.2, 0.25) is 0 Å². The van der Waals surface area contributed by atoms with E-state index in [2.05, 4.69) is 20.8 Å². The van der Waals surface area contributed by atoms with E-state index in [1.54, 1.807) is 19.3 Å². The first-order valence-corrected chi connectivity index (χ1v) is 6.87. The van der Waals surface area contributed by atoms with Crippen LogP contribution >= 0.6 is 0 Å². The summed E-state index contributed by atoms with van der Waals surface area (Å²) in [7, 11) is 1.68. The monoisotopic (exact) mass is 262 g/mol. The maximum absolute atomic E-state index is 12.5. The number of hydrogen-bond donors (Lipinski definition) is 0. The highest BCUT2D eigenvalue weighted by Crippen LogP contribution is 2.27. The minimum absolute atomic E-state index is 0.0244. The van der Waals surface area contributed by atoms with Crippen LogP contribution in [0.4, 0.5) is 0 Å². The third kappa shape index (κ3) is 2.72. The summed E-state index contributed by atoms with van der Waals surface area (Å²) in [4.78, 5) is 26.1. The van der Waals surface area contributed by atoms with E-state index in [0.29, 0.717) is 17.4 Å². The summed E-state index contributed by atoms with van der Waals surface area (Å²) in [6, 6.07) is 3.38. The maximum Gasteiger partial charge on any atom is 0.254 e. The Kier molecular flexibility index (Phi) is 3.78. The molecule has 104 valence electrons. The predicted octanol–water partition coefficient (Wildman–Crippen LogP) is 1.89. The fourth-order valence-electron chi connectivity index (χ4n) is 2.83. The van der Waals surface area contributed by atoms with Crippen molar-refractivity contribution in [1.82, 2.24) is 9.47 Å². The molecule has 2 rings (SSSR count). The van der Waals surface area contributed by atoms with Gasteiger partial charge in [-0.05, 0) is 31.2 Å². The smallest absolute Gasteiger partial charge is 0.254 e. The first-order valence-electron chi connectivity index (χ1n) is 6.87. The van der Waals surface area contributed by atoms with Crippen molar-refractivity contribution in [3.8, 4) is 0 Å². The van der Waals surface area contributed by atoms with Crippen LogP contribution in [0.25, 0.3) is 0 Å². The van der Waals surface area contributed by atoms with Crippen LogP contribution in [0.2, 0.25) is 0 Å². The molecule has 3 atom stereocenters. The first-order chi connectivity index (χ1) is 8.90. The van der Waals surface area contributed by atoms with Crippen LogP contribution in [0.15, 0.2) is 23.1 Å². The summed E-state index contributed by atoms with van der Waals surface area (Å²) >= 11 is 0. The van der Waals surface area contributed by atoms with Gasteiger partial charge in [-0.2, -0.15) is 0 Å². The number of piperidine rings is 1. The molecule has 0 N–H and O–H groups in total. The number of rotatable bonds is 1. The van der Waals surface area contributed by atoms with Gasteiger partial charge in [-0.15, -0.1) is 0 Å². The van der Waals surface area contributed by atoms with Gasteiger partial charge in [0.15, 0.2) is 0 Å². The largest absolute Gasteiger partial charge is 0.335 e. The Labute approximate surface area is 114 Å². The summed E-state index contributed by atoms with van der Waals surface area (Å²) < 4.78 is 1.47. The second-order valence-electron chi connectivity index (χ2n) is 5.88. The van der Waals surface area contributed by atoms with Crippen LogP contribution in [-0.2, 0) is 7.05 Å². The third-order valence-electron chi connectivity index (χ3n) is 4.21. The number of carbonyl (C=O) groups excluding carboxylic acids is 1. The van der Waals surface area contributed by atoms with E-state index < -0.39 is 0 Å². The predicted molar refractivity (Wildman–Crippen MR) is 75.1 cm³/mol. The number of amides is 1. The van der Waals surface area contributed by atoms with Gasteiger partial charge in [-0.3, -0.25) is 9.59 Å². The zero-order valence-electron chi connectivity index (χ0n) is 12.1. The lowest BCUT2D eigenvalue weighted by molar-refractivity contribution is 0.0455. The molecule has 0 saturated carbocycles. The highest BCUT2D eigenvalue weighted by Gasteiger charge is 2.32. The molecule has 0 spiro atoms. The van der Waals surface area contributed by atoms with Crippen molar-refractivity contribution >= 4 is 5.91 Å². The molecule has 0 bridgehead atoms. The topological polar surface area (TPSA) is 42.3 Å². The standard InChI is InChI=1S/C15H22N2O2/c1-10-7-11(2)12(3)17(9-10)15(19)13-5-6-16(4)14(18)8-13/h5-6,8,10-12H,7,9H2,1-4H3. The van der Waals surface area contributed by atoms with Crippen LogP contribution in [-0.4, -0.2) is 28.0 Å². The van der Waals surface area contributed by atoms with Gasteiger partial charge in [0.05, 0.1) is 0 Å². The minimum Gasteiger partial charge on any atom is -0.335 e. The van der Waals surface area contributed by atoms with Crippen LogP contribution in [0.1, 0.15) is 37.6 Å². The van der Waals surface area contributed by atoms with Gasteiger partial charge in [0.1, 0.15) is 0 Å². The second-order valence-corrected chi connectivity index (χ2v) is 5.88. The van der Waals surface area contributed by atoms with Gasteiger partial charge in [-0.1, -0.05) is 13.8 Å². The molecule has 1 aliphatic rings. The molecular weight excluding hydrogens is 240 g/mol. The summed E-state index contributed by atoms with van der Waals surface area (Å²) in [6.07, 6.45) is 2.80. The lowest BCUT2D eigenvalue weighted by Crippen LogP contribution is -2.49. The number of nitrogens with zero attached hydrogens (tertiary/aromatic N) is 2. The second kappa shape index (κ2) is 5.19. The van der Waals surface area contributed by atoms with Crippen molar-refractivity contribution in [3.05, 3.63) is 34.2 Å². The van der Waals surface area contributed by atoms with Crippen molar-refractivity contribution in [2.75, 3.05) is 6.54 Å². The SMILES string of the molecule is CC1CC(C)C(C)N(C(=O)c2ccn(C)c(=O)c2)C1. The van der Waals surface area contributed by atoms with Gasteiger partial charge in [0, 0.05) is 37.5 Å². The fourth-order valence-corrected chi connectivity index (χ4v) is 2.83. The molecule has 1 aromatic heterocycles. The molecule has 1 aromatic rings. The van der Waals surface area contributed by atoms with Crippen molar-refractivity contribution in [2.45, 2.75) is 33.2 Å². The van der Waals surface area contributed by atoms with E-state index in [-0.39, 0.29) is 17.5 Å². The van der Waals surface area contributed by atoms with Crippen molar-refractivity contribution < 1.29 is 4.79 Å². The van der Waals surface area contributed by atoms with Crippen LogP contribution in [0.3, 0.4) is 0 Å². The third-order valence-corrected chi connectivity index (χ3v) is 4.21. The lowest BCUT2D eigenvalue weighted by Gasteiger charge is -2.41. The summed E-state index contributed by atoms with van der Waals surface area (Å²) in [5, 5.41) is 0. The summed E-state index contributed by atoms with van der Waals surface area (Å²) in [5.41, 5.74) is 0.354. The number of pyridine rings is 1. The normalized spacial score (nSPS) is 27.4. The van der Waals surface area contributed by atoms with E-state index in [0.717, 1.165) is 13.0 Å². The summed E-state index contributed by atoms with van der Waals surface area (Å²) in [5.74, 6) is 0.990. The van der Waals surface area contributed by atoms with E-state index in [1.807, 2.05) is 4.90 Å². The molecule has 3 unspecified atom stereocenters. The molecule has 0 aromatic carbocycles. The number of carbonyl (C=O) groups is 1.